The quantitative estimate of drug-likeness (QED) is 0.226. The molecule has 4 heteroatoms. The predicted octanol–water partition coefficient (Wildman–Crippen LogP) is 8.27. The largest absolute Gasteiger partial charge is 0.494 e. The number of aryl methyl sites for hydroxylation is 1. The lowest BCUT2D eigenvalue weighted by Crippen LogP contribution is -1.97. The number of benzene rings is 2. The Morgan fingerprint density at radius 2 is 1.31 bits per heavy atom. The molecule has 0 amide bonds. The Hall–Kier alpha value is -2.62. The van der Waals surface area contributed by atoms with E-state index in [2.05, 4.69) is 48.3 Å². The van der Waals surface area contributed by atoms with E-state index in [0.29, 0.717) is 11.7 Å². The molecule has 4 nitrogen and oxygen atoms in total. The van der Waals surface area contributed by atoms with Crippen molar-refractivity contribution in [3.63, 3.8) is 0 Å². The third-order valence-corrected chi connectivity index (χ3v) is 5.83. The van der Waals surface area contributed by atoms with Crippen LogP contribution >= 0.6 is 0 Å². The maximum Gasteiger partial charge on any atom is 0.258 e. The molecule has 0 unspecified atom stereocenters. The van der Waals surface area contributed by atoms with Crippen molar-refractivity contribution >= 4 is 0 Å². The summed E-state index contributed by atoms with van der Waals surface area (Å²) < 4.78 is 11.4. The number of ether oxygens (including phenoxy) is 1. The van der Waals surface area contributed by atoms with Crippen LogP contribution in [0.15, 0.2) is 53.1 Å². The Kier molecular flexibility index (Phi) is 10.3. The summed E-state index contributed by atoms with van der Waals surface area (Å²) in [4.78, 5) is 4.59. The van der Waals surface area contributed by atoms with Crippen LogP contribution < -0.4 is 4.74 Å². The van der Waals surface area contributed by atoms with Gasteiger partial charge < -0.3 is 9.26 Å². The molecule has 1 aromatic heterocycles. The van der Waals surface area contributed by atoms with E-state index in [1.807, 2.05) is 24.3 Å². The fourth-order valence-corrected chi connectivity index (χ4v) is 3.80. The summed E-state index contributed by atoms with van der Waals surface area (Å²) in [5, 5.41) is 4.17. The van der Waals surface area contributed by atoms with Gasteiger partial charge in [-0.15, -0.1) is 0 Å². The zero-order valence-electron chi connectivity index (χ0n) is 19.8. The molecule has 0 fully saturated rings. The van der Waals surface area contributed by atoms with E-state index >= 15 is 0 Å². The van der Waals surface area contributed by atoms with Crippen LogP contribution in [0.4, 0.5) is 0 Å². The van der Waals surface area contributed by atoms with E-state index in [9.17, 15) is 0 Å². The molecule has 0 bridgehead atoms. The van der Waals surface area contributed by atoms with Gasteiger partial charge in [-0.3, -0.25) is 0 Å². The highest BCUT2D eigenvalue weighted by atomic mass is 16.5. The molecule has 32 heavy (non-hydrogen) atoms. The Labute approximate surface area is 193 Å². The van der Waals surface area contributed by atoms with Crippen molar-refractivity contribution < 1.29 is 9.26 Å². The Morgan fingerprint density at radius 3 is 2.00 bits per heavy atom. The van der Waals surface area contributed by atoms with Crippen molar-refractivity contribution in [2.75, 3.05) is 6.61 Å². The van der Waals surface area contributed by atoms with Crippen LogP contribution in [-0.2, 0) is 6.42 Å². The first kappa shape index (κ1) is 24.0. The summed E-state index contributed by atoms with van der Waals surface area (Å²) in [6.07, 6.45) is 13.9. The minimum Gasteiger partial charge on any atom is -0.494 e. The molecule has 0 saturated heterocycles. The number of rotatable bonds is 15. The van der Waals surface area contributed by atoms with Crippen molar-refractivity contribution in [3.05, 3.63) is 54.1 Å². The van der Waals surface area contributed by atoms with E-state index in [1.54, 1.807) is 0 Å². The van der Waals surface area contributed by atoms with E-state index in [-0.39, 0.29) is 0 Å². The highest BCUT2D eigenvalue weighted by molar-refractivity contribution is 5.60. The summed E-state index contributed by atoms with van der Waals surface area (Å²) in [5.41, 5.74) is 3.26. The van der Waals surface area contributed by atoms with Gasteiger partial charge in [0, 0.05) is 11.1 Å². The van der Waals surface area contributed by atoms with Gasteiger partial charge in [-0.05, 0) is 61.2 Å². The molecular formula is C28H38N2O2. The molecule has 172 valence electrons. The normalized spacial score (nSPS) is 11.1. The van der Waals surface area contributed by atoms with Crippen molar-refractivity contribution in [1.82, 2.24) is 10.1 Å². The van der Waals surface area contributed by atoms with Crippen LogP contribution in [0.5, 0.6) is 5.75 Å². The van der Waals surface area contributed by atoms with Crippen molar-refractivity contribution in [2.24, 2.45) is 0 Å². The first-order valence-corrected chi connectivity index (χ1v) is 12.5. The molecular weight excluding hydrogens is 396 g/mol. The van der Waals surface area contributed by atoms with Gasteiger partial charge >= 0.3 is 0 Å². The number of nitrogens with zero attached hydrogens (tertiary/aromatic N) is 2. The molecule has 3 rings (SSSR count). The molecule has 0 saturated carbocycles. The van der Waals surface area contributed by atoms with Crippen LogP contribution in [-0.4, -0.2) is 16.7 Å². The molecule has 3 aromatic rings. The molecule has 1 heterocycles. The Balaban J connectivity index is 1.48. The summed E-state index contributed by atoms with van der Waals surface area (Å²) in [5.74, 6) is 2.05. The molecule has 0 aliphatic heterocycles. The van der Waals surface area contributed by atoms with E-state index in [0.717, 1.165) is 36.3 Å². The van der Waals surface area contributed by atoms with Gasteiger partial charge in [0.15, 0.2) is 0 Å². The fourth-order valence-electron chi connectivity index (χ4n) is 3.80. The molecule has 0 aliphatic rings. The fraction of sp³-hybridized carbons (Fsp3) is 0.500. The van der Waals surface area contributed by atoms with Gasteiger partial charge in [0.2, 0.25) is 5.82 Å². The minimum atomic E-state index is 0.557. The van der Waals surface area contributed by atoms with Gasteiger partial charge in [0.25, 0.3) is 5.89 Å². The third-order valence-electron chi connectivity index (χ3n) is 5.83. The molecule has 2 aromatic carbocycles. The van der Waals surface area contributed by atoms with Crippen LogP contribution in [0.25, 0.3) is 22.8 Å². The van der Waals surface area contributed by atoms with Crippen molar-refractivity contribution in [3.8, 4) is 28.6 Å². The molecule has 0 radical (unpaired) electrons. The molecule has 0 aliphatic carbocycles. The summed E-state index contributed by atoms with van der Waals surface area (Å²) in [6.45, 7) is 5.25. The van der Waals surface area contributed by atoms with Crippen LogP contribution in [0, 0.1) is 0 Å². The zero-order valence-corrected chi connectivity index (χ0v) is 19.8. The predicted molar refractivity (Wildman–Crippen MR) is 132 cm³/mol. The van der Waals surface area contributed by atoms with Crippen molar-refractivity contribution in [1.29, 1.82) is 0 Å². The lowest BCUT2D eigenvalue weighted by atomic mass is 10.0. The third kappa shape index (κ3) is 7.81. The topological polar surface area (TPSA) is 48.2 Å². The lowest BCUT2D eigenvalue weighted by molar-refractivity contribution is 0.304. The first-order chi connectivity index (χ1) is 15.8. The van der Waals surface area contributed by atoms with Crippen molar-refractivity contribution in [2.45, 2.75) is 84.5 Å². The lowest BCUT2D eigenvalue weighted by Gasteiger charge is -2.06. The molecule has 0 N–H and O–H groups in total. The smallest absolute Gasteiger partial charge is 0.258 e. The van der Waals surface area contributed by atoms with Crippen LogP contribution in [0.2, 0.25) is 0 Å². The summed E-state index contributed by atoms with van der Waals surface area (Å²) in [7, 11) is 0. The van der Waals surface area contributed by atoms with Gasteiger partial charge in [0.05, 0.1) is 6.61 Å². The SMILES string of the molecule is CCCCCCCOc1ccc(-c2noc(-c3ccc(CCCCCCC)cc3)n2)cc1. The Bertz CT molecular complexity index is 885. The second-order valence-electron chi connectivity index (χ2n) is 8.57. The van der Waals surface area contributed by atoms with Gasteiger partial charge in [-0.1, -0.05) is 82.5 Å². The van der Waals surface area contributed by atoms with Gasteiger partial charge in [0.1, 0.15) is 5.75 Å². The zero-order chi connectivity index (χ0) is 22.4. The number of hydrogen-bond acceptors (Lipinski definition) is 4. The van der Waals surface area contributed by atoms with E-state index < -0.39 is 0 Å². The Morgan fingerprint density at radius 1 is 0.688 bits per heavy atom. The number of unbranched alkanes of at least 4 members (excludes halogenated alkanes) is 8. The highest BCUT2D eigenvalue weighted by Gasteiger charge is 2.11. The maximum absolute atomic E-state index is 5.85. The minimum absolute atomic E-state index is 0.557. The average Bonchev–Trinajstić information content (AvgIpc) is 3.32. The number of aromatic nitrogens is 2. The van der Waals surface area contributed by atoms with Gasteiger partial charge in [-0.2, -0.15) is 4.98 Å². The van der Waals surface area contributed by atoms with Gasteiger partial charge in [-0.25, -0.2) is 0 Å². The highest BCUT2D eigenvalue weighted by Crippen LogP contribution is 2.24. The standard InChI is InChI=1S/C28H38N2O2/c1-3-5-7-9-11-13-23-14-16-25(17-15-23)28-29-27(30-32-28)24-18-20-26(21-19-24)31-22-12-10-8-6-4-2/h14-21H,3-13,22H2,1-2H3. The molecule has 0 spiro atoms. The average molecular weight is 435 g/mol. The second-order valence-corrected chi connectivity index (χ2v) is 8.57. The molecule has 0 atom stereocenters. The maximum atomic E-state index is 5.85. The van der Waals surface area contributed by atoms with Crippen LogP contribution in [0.3, 0.4) is 0 Å². The summed E-state index contributed by atoms with van der Waals surface area (Å²) in [6, 6.07) is 16.4. The number of hydrogen-bond donors (Lipinski definition) is 0. The van der Waals surface area contributed by atoms with E-state index in [1.165, 1.54) is 63.4 Å². The van der Waals surface area contributed by atoms with Crippen LogP contribution in [0.1, 0.15) is 83.6 Å². The summed E-state index contributed by atoms with van der Waals surface area (Å²) >= 11 is 0. The first-order valence-electron chi connectivity index (χ1n) is 12.5. The van der Waals surface area contributed by atoms with E-state index in [4.69, 9.17) is 9.26 Å². The second kappa shape index (κ2) is 13.7. The monoisotopic (exact) mass is 434 g/mol.